The van der Waals surface area contributed by atoms with Gasteiger partial charge in [0, 0.05) is 16.3 Å². The zero-order valence-corrected chi connectivity index (χ0v) is 18.1. The van der Waals surface area contributed by atoms with Crippen molar-refractivity contribution in [3.63, 3.8) is 0 Å². The van der Waals surface area contributed by atoms with E-state index in [1.54, 1.807) is 18.2 Å². The predicted molar refractivity (Wildman–Crippen MR) is 121 cm³/mol. The highest BCUT2D eigenvalue weighted by Gasteiger charge is 2.05. The summed E-state index contributed by atoms with van der Waals surface area (Å²) in [5.74, 6) is 0.00924. The number of carbonyl (C=O) groups is 1. The van der Waals surface area contributed by atoms with Gasteiger partial charge in [-0.25, -0.2) is 9.82 Å². The molecule has 0 aliphatic heterocycles. The maximum atomic E-state index is 12.9. The van der Waals surface area contributed by atoms with E-state index in [0.717, 1.165) is 15.6 Å². The first-order valence-corrected chi connectivity index (χ1v) is 10.2. The largest absolute Gasteiger partial charge is 0.488 e. The highest BCUT2D eigenvalue weighted by atomic mass is 79.9. The summed E-state index contributed by atoms with van der Waals surface area (Å²) in [5.41, 5.74) is 4.75. The fourth-order valence-electron chi connectivity index (χ4n) is 2.45. The van der Waals surface area contributed by atoms with Gasteiger partial charge in [-0.05, 0) is 70.0 Å². The molecule has 0 aromatic heterocycles. The number of ether oxygens (including phenoxy) is 1. The van der Waals surface area contributed by atoms with Gasteiger partial charge in [-0.15, -0.1) is 0 Å². The van der Waals surface area contributed by atoms with Crippen LogP contribution in [0.15, 0.2) is 76.3 Å². The molecule has 3 rings (SSSR count). The lowest BCUT2D eigenvalue weighted by Crippen LogP contribution is -2.25. The number of halogens is 3. The van der Waals surface area contributed by atoms with E-state index >= 15 is 0 Å². The van der Waals surface area contributed by atoms with Crippen molar-refractivity contribution in [1.29, 1.82) is 0 Å². The number of carbonyl (C=O) groups excluding carboxylic acids is 1. The third kappa shape index (κ3) is 6.57. The second-order valence-electron chi connectivity index (χ2n) is 6.22. The normalized spacial score (nSPS) is 10.8. The van der Waals surface area contributed by atoms with Gasteiger partial charge in [-0.3, -0.25) is 4.79 Å². The number of hydrogen-bond acceptors (Lipinski definition) is 4. The average molecular weight is 491 g/mol. The van der Waals surface area contributed by atoms with Crippen LogP contribution in [0.5, 0.6) is 5.75 Å². The number of hydrogen-bond donors (Lipinski definition) is 2. The predicted octanol–water partition coefficient (Wildman–Crippen LogP) is 5.38. The maximum absolute atomic E-state index is 12.9. The summed E-state index contributed by atoms with van der Waals surface area (Å²) >= 11 is 9.61. The van der Waals surface area contributed by atoms with Crippen molar-refractivity contribution in [3.05, 3.63) is 93.2 Å². The molecule has 0 aliphatic carbocycles. The van der Waals surface area contributed by atoms with Crippen LogP contribution in [0.3, 0.4) is 0 Å². The molecule has 0 bridgehead atoms. The molecule has 0 heterocycles. The SMILES string of the molecule is O=C(CNc1ccc(F)cc1)N/N=C\c1ccc(OCc2ccccc2Cl)c(Br)c1. The van der Waals surface area contributed by atoms with Gasteiger partial charge in [0.25, 0.3) is 5.91 Å². The van der Waals surface area contributed by atoms with Crippen molar-refractivity contribution in [1.82, 2.24) is 5.43 Å². The van der Waals surface area contributed by atoms with E-state index in [2.05, 4.69) is 31.8 Å². The molecule has 3 aromatic rings. The van der Waals surface area contributed by atoms with Gasteiger partial charge in [0.1, 0.15) is 18.2 Å². The Hall–Kier alpha value is -2.90. The van der Waals surface area contributed by atoms with Gasteiger partial charge in [0.15, 0.2) is 0 Å². The monoisotopic (exact) mass is 489 g/mol. The van der Waals surface area contributed by atoms with E-state index in [4.69, 9.17) is 16.3 Å². The van der Waals surface area contributed by atoms with Crippen molar-refractivity contribution in [2.75, 3.05) is 11.9 Å². The molecular weight excluding hydrogens is 473 g/mol. The molecule has 0 spiro atoms. The molecule has 0 aliphatic rings. The lowest BCUT2D eigenvalue weighted by Gasteiger charge is -2.10. The van der Waals surface area contributed by atoms with Gasteiger partial charge in [0.05, 0.1) is 17.2 Å². The number of nitrogens with zero attached hydrogens (tertiary/aromatic N) is 1. The van der Waals surface area contributed by atoms with E-state index < -0.39 is 0 Å². The molecule has 0 radical (unpaired) electrons. The molecule has 154 valence electrons. The molecule has 0 saturated carbocycles. The van der Waals surface area contributed by atoms with E-state index in [9.17, 15) is 9.18 Å². The molecule has 5 nitrogen and oxygen atoms in total. The van der Waals surface area contributed by atoms with E-state index in [1.807, 2.05) is 36.4 Å². The Balaban J connectivity index is 1.48. The maximum Gasteiger partial charge on any atom is 0.259 e. The molecule has 2 N–H and O–H groups in total. The summed E-state index contributed by atoms with van der Waals surface area (Å²) < 4.78 is 19.4. The quantitative estimate of drug-likeness (QED) is 0.329. The van der Waals surface area contributed by atoms with Crippen molar-refractivity contribution in [2.45, 2.75) is 6.61 Å². The van der Waals surface area contributed by atoms with Crippen LogP contribution in [0, 0.1) is 5.82 Å². The zero-order valence-electron chi connectivity index (χ0n) is 15.7. The highest BCUT2D eigenvalue weighted by Crippen LogP contribution is 2.27. The summed E-state index contributed by atoms with van der Waals surface area (Å²) in [7, 11) is 0. The lowest BCUT2D eigenvalue weighted by molar-refractivity contribution is -0.119. The first-order valence-electron chi connectivity index (χ1n) is 8.98. The van der Waals surface area contributed by atoms with E-state index in [0.29, 0.717) is 23.1 Å². The smallest absolute Gasteiger partial charge is 0.259 e. The fourth-order valence-corrected chi connectivity index (χ4v) is 3.16. The molecule has 0 atom stereocenters. The Bertz CT molecular complexity index is 1040. The summed E-state index contributed by atoms with van der Waals surface area (Å²) in [6, 6.07) is 18.7. The molecule has 8 heteroatoms. The Labute approximate surface area is 187 Å². The standard InChI is InChI=1S/C22H18BrClFN3O2/c23-19-11-15(5-10-21(19)30-14-16-3-1-2-4-20(16)24)12-27-28-22(29)13-26-18-8-6-17(25)7-9-18/h1-12,26H,13-14H2,(H,28,29)/b27-12-. The van der Waals surface area contributed by atoms with Gasteiger partial charge in [0.2, 0.25) is 0 Å². The summed E-state index contributed by atoms with van der Waals surface area (Å²) in [5, 5.41) is 7.48. The van der Waals surface area contributed by atoms with Crippen LogP contribution in [0.25, 0.3) is 0 Å². The summed E-state index contributed by atoms with van der Waals surface area (Å²) in [6.07, 6.45) is 1.53. The van der Waals surface area contributed by atoms with Gasteiger partial charge >= 0.3 is 0 Å². The van der Waals surface area contributed by atoms with Crippen LogP contribution in [0.2, 0.25) is 5.02 Å². The average Bonchev–Trinajstić information content (AvgIpc) is 2.74. The fraction of sp³-hybridized carbons (Fsp3) is 0.0909. The number of rotatable bonds is 8. The van der Waals surface area contributed by atoms with Crippen molar-refractivity contribution >= 4 is 45.3 Å². The summed E-state index contributed by atoms with van der Waals surface area (Å²) in [6.45, 7) is 0.365. The van der Waals surface area contributed by atoms with Crippen LogP contribution >= 0.6 is 27.5 Å². The second-order valence-corrected chi connectivity index (χ2v) is 7.49. The molecule has 1 amide bonds. The zero-order chi connectivity index (χ0) is 21.3. The minimum Gasteiger partial charge on any atom is -0.488 e. The third-order valence-electron chi connectivity index (χ3n) is 4.00. The third-order valence-corrected chi connectivity index (χ3v) is 4.99. The molecule has 0 saturated heterocycles. The molecule has 3 aromatic carbocycles. The first-order chi connectivity index (χ1) is 14.5. The minimum absolute atomic E-state index is 0.0154. The van der Waals surface area contributed by atoms with Crippen LogP contribution in [0.1, 0.15) is 11.1 Å². The van der Waals surface area contributed by atoms with Gasteiger partial charge in [-0.1, -0.05) is 29.8 Å². The first kappa shape index (κ1) is 21.8. The number of anilines is 1. The molecular formula is C22H18BrClFN3O2. The van der Waals surface area contributed by atoms with Crippen LogP contribution in [-0.2, 0) is 11.4 Å². The van der Waals surface area contributed by atoms with Gasteiger partial charge in [-0.2, -0.15) is 5.10 Å². The van der Waals surface area contributed by atoms with Crippen LogP contribution in [0.4, 0.5) is 10.1 Å². The van der Waals surface area contributed by atoms with E-state index in [1.165, 1.54) is 18.3 Å². The summed E-state index contributed by atoms with van der Waals surface area (Å²) in [4.78, 5) is 11.8. The Morgan fingerprint density at radius 3 is 2.63 bits per heavy atom. The highest BCUT2D eigenvalue weighted by molar-refractivity contribution is 9.10. The number of nitrogens with one attached hydrogen (secondary N) is 2. The van der Waals surface area contributed by atoms with Crippen LogP contribution < -0.4 is 15.5 Å². The molecule has 30 heavy (non-hydrogen) atoms. The second kappa shape index (κ2) is 10.8. The number of benzene rings is 3. The number of amides is 1. The van der Waals surface area contributed by atoms with Crippen LogP contribution in [-0.4, -0.2) is 18.7 Å². The minimum atomic E-state index is -0.332. The molecule has 0 fully saturated rings. The Morgan fingerprint density at radius 1 is 1.13 bits per heavy atom. The topological polar surface area (TPSA) is 62.7 Å². The Morgan fingerprint density at radius 2 is 1.90 bits per heavy atom. The molecule has 0 unspecified atom stereocenters. The van der Waals surface area contributed by atoms with E-state index in [-0.39, 0.29) is 18.3 Å². The lowest BCUT2D eigenvalue weighted by atomic mass is 10.2. The van der Waals surface area contributed by atoms with Gasteiger partial charge < -0.3 is 10.1 Å². The van der Waals surface area contributed by atoms with Crippen molar-refractivity contribution in [3.8, 4) is 5.75 Å². The van der Waals surface area contributed by atoms with Crippen molar-refractivity contribution in [2.24, 2.45) is 5.10 Å². The van der Waals surface area contributed by atoms with Crippen molar-refractivity contribution < 1.29 is 13.9 Å². The number of hydrazone groups is 1. The Kier molecular flexibility index (Phi) is 7.82.